The number of aromatic nitrogens is 1. The van der Waals surface area contributed by atoms with E-state index in [1.807, 2.05) is 18.2 Å². The van der Waals surface area contributed by atoms with Crippen LogP contribution < -0.4 is 10.6 Å². The Morgan fingerprint density at radius 2 is 2.25 bits per heavy atom. The average molecular weight is 221 g/mol. The van der Waals surface area contributed by atoms with E-state index in [1.54, 1.807) is 6.20 Å². The van der Waals surface area contributed by atoms with Crippen LogP contribution in [0.15, 0.2) is 24.4 Å². The molecule has 4 nitrogen and oxygen atoms in total. The molecule has 2 N–H and O–H groups in total. The Bertz CT molecular complexity index is 286. The Kier molecular flexibility index (Phi) is 4.58. The number of hydrogen-bond donors (Lipinski definition) is 2. The maximum atomic E-state index is 5.77. The van der Waals surface area contributed by atoms with Gasteiger partial charge in [0.05, 0.1) is 12.7 Å². The van der Waals surface area contributed by atoms with Crippen LogP contribution in [0.3, 0.4) is 0 Å². The highest BCUT2D eigenvalue weighted by Crippen LogP contribution is 2.06. The fraction of sp³-hybridized carbons (Fsp3) is 0.583. The zero-order valence-electron chi connectivity index (χ0n) is 9.48. The van der Waals surface area contributed by atoms with E-state index in [-0.39, 0.29) is 0 Å². The van der Waals surface area contributed by atoms with Gasteiger partial charge in [-0.3, -0.25) is 0 Å². The van der Waals surface area contributed by atoms with Gasteiger partial charge in [-0.1, -0.05) is 6.07 Å². The molecule has 0 saturated carbocycles. The van der Waals surface area contributed by atoms with Gasteiger partial charge in [-0.05, 0) is 38.1 Å². The predicted molar refractivity (Wildman–Crippen MR) is 64.6 cm³/mol. The first-order chi connectivity index (χ1) is 7.95. The van der Waals surface area contributed by atoms with Gasteiger partial charge in [0.1, 0.15) is 5.82 Å². The second-order valence-corrected chi connectivity index (χ2v) is 3.96. The van der Waals surface area contributed by atoms with Crippen LogP contribution >= 0.6 is 0 Å². The molecular weight excluding hydrogens is 202 g/mol. The SMILES string of the molecule is c1ccc(NCCOC2CCNCC2)nc1. The van der Waals surface area contributed by atoms with Crippen molar-refractivity contribution in [3.8, 4) is 0 Å². The van der Waals surface area contributed by atoms with Crippen molar-refractivity contribution in [3.63, 3.8) is 0 Å². The summed E-state index contributed by atoms with van der Waals surface area (Å²) in [7, 11) is 0. The lowest BCUT2D eigenvalue weighted by atomic mass is 10.1. The molecular formula is C12H19N3O. The summed E-state index contributed by atoms with van der Waals surface area (Å²) in [4.78, 5) is 4.19. The molecule has 2 heterocycles. The smallest absolute Gasteiger partial charge is 0.125 e. The largest absolute Gasteiger partial charge is 0.376 e. The summed E-state index contributed by atoms with van der Waals surface area (Å²) < 4.78 is 5.77. The monoisotopic (exact) mass is 221 g/mol. The third kappa shape index (κ3) is 3.79. The van der Waals surface area contributed by atoms with E-state index in [2.05, 4.69) is 15.6 Å². The van der Waals surface area contributed by atoms with E-state index < -0.39 is 0 Å². The molecule has 1 aromatic heterocycles. The molecule has 0 radical (unpaired) electrons. The van der Waals surface area contributed by atoms with Gasteiger partial charge in [0.25, 0.3) is 0 Å². The molecule has 1 aliphatic rings. The lowest BCUT2D eigenvalue weighted by Gasteiger charge is -2.22. The molecule has 1 aromatic rings. The fourth-order valence-electron chi connectivity index (χ4n) is 1.83. The van der Waals surface area contributed by atoms with Gasteiger partial charge in [-0.15, -0.1) is 0 Å². The van der Waals surface area contributed by atoms with Crippen LogP contribution in [0.2, 0.25) is 0 Å². The molecule has 88 valence electrons. The van der Waals surface area contributed by atoms with Gasteiger partial charge in [0, 0.05) is 12.7 Å². The number of rotatable bonds is 5. The number of nitrogens with one attached hydrogen (secondary N) is 2. The van der Waals surface area contributed by atoms with Crippen LogP contribution in [0.4, 0.5) is 5.82 Å². The summed E-state index contributed by atoms with van der Waals surface area (Å²) in [6.07, 6.45) is 4.48. The molecule has 1 aliphatic heterocycles. The van der Waals surface area contributed by atoms with E-state index in [4.69, 9.17) is 4.74 Å². The van der Waals surface area contributed by atoms with Crippen LogP contribution in [0.5, 0.6) is 0 Å². The molecule has 0 bridgehead atoms. The van der Waals surface area contributed by atoms with Gasteiger partial charge < -0.3 is 15.4 Å². The Morgan fingerprint density at radius 3 is 3.00 bits per heavy atom. The molecule has 0 atom stereocenters. The van der Waals surface area contributed by atoms with E-state index in [1.165, 1.54) is 0 Å². The summed E-state index contributed by atoms with van der Waals surface area (Å²) in [5, 5.41) is 6.56. The maximum Gasteiger partial charge on any atom is 0.125 e. The topological polar surface area (TPSA) is 46.2 Å². The van der Waals surface area contributed by atoms with Crippen molar-refractivity contribution in [1.82, 2.24) is 10.3 Å². The summed E-state index contributed by atoms with van der Waals surface area (Å²) in [6.45, 7) is 3.73. The lowest BCUT2D eigenvalue weighted by molar-refractivity contribution is 0.0394. The van der Waals surface area contributed by atoms with Crippen LogP contribution in [0.1, 0.15) is 12.8 Å². The summed E-state index contributed by atoms with van der Waals surface area (Å²) >= 11 is 0. The zero-order valence-corrected chi connectivity index (χ0v) is 9.48. The van der Waals surface area contributed by atoms with Crippen molar-refractivity contribution >= 4 is 5.82 Å². The Hall–Kier alpha value is -1.13. The number of nitrogens with zero attached hydrogens (tertiary/aromatic N) is 1. The van der Waals surface area contributed by atoms with Crippen molar-refractivity contribution in [1.29, 1.82) is 0 Å². The molecule has 4 heteroatoms. The van der Waals surface area contributed by atoms with Crippen LogP contribution in [-0.4, -0.2) is 37.3 Å². The van der Waals surface area contributed by atoms with Gasteiger partial charge in [0.2, 0.25) is 0 Å². The minimum Gasteiger partial charge on any atom is -0.376 e. The van der Waals surface area contributed by atoms with Crippen molar-refractivity contribution in [3.05, 3.63) is 24.4 Å². The second kappa shape index (κ2) is 6.45. The second-order valence-electron chi connectivity index (χ2n) is 3.96. The number of ether oxygens (including phenoxy) is 1. The van der Waals surface area contributed by atoms with Crippen molar-refractivity contribution in [2.75, 3.05) is 31.6 Å². The first-order valence-electron chi connectivity index (χ1n) is 5.92. The third-order valence-corrected chi connectivity index (χ3v) is 2.71. The standard InChI is InChI=1S/C12H19N3O/c1-2-6-14-12(3-1)15-9-10-16-11-4-7-13-8-5-11/h1-3,6,11,13H,4-5,7-10H2,(H,14,15). The van der Waals surface area contributed by atoms with Crippen molar-refractivity contribution in [2.24, 2.45) is 0 Å². The summed E-state index contributed by atoms with van der Waals surface area (Å²) in [5.41, 5.74) is 0. The van der Waals surface area contributed by atoms with Gasteiger partial charge in [-0.2, -0.15) is 0 Å². The average Bonchev–Trinajstić information content (AvgIpc) is 2.37. The van der Waals surface area contributed by atoms with Crippen LogP contribution in [-0.2, 0) is 4.74 Å². The molecule has 0 unspecified atom stereocenters. The first-order valence-corrected chi connectivity index (χ1v) is 5.92. The lowest BCUT2D eigenvalue weighted by Crippen LogP contribution is -2.33. The Balaban J connectivity index is 1.58. The van der Waals surface area contributed by atoms with Crippen molar-refractivity contribution < 1.29 is 4.74 Å². The number of pyridine rings is 1. The van der Waals surface area contributed by atoms with E-state index in [0.29, 0.717) is 6.10 Å². The Morgan fingerprint density at radius 1 is 1.38 bits per heavy atom. The highest BCUT2D eigenvalue weighted by Gasteiger charge is 2.12. The van der Waals surface area contributed by atoms with E-state index >= 15 is 0 Å². The number of anilines is 1. The minimum absolute atomic E-state index is 0.437. The van der Waals surface area contributed by atoms with Gasteiger partial charge in [-0.25, -0.2) is 4.98 Å². The highest BCUT2D eigenvalue weighted by atomic mass is 16.5. The molecule has 1 saturated heterocycles. The zero-order chi connectivity index (χ0) is 11.1. The molecule has 0 amide bonds. The molecule has 0 spiro atoms. The molecule has 16 heavy (non-hydrogen) atoms. The summed E-state index contributed by atoms with van der Waals surface area (Å²) in [6, 6.07) is 5.85. The molecule has 0 aliphatic carbocycles. The summed E-state index contributed by atoms with van der Waals surface area (Å²) in [5.74, 6) is 0.913. The molecule has 1 fully saturated rings. The first kappa shape index (κ1) is 11.4. The van der Waals surface area contributed by atoms with Gasteiger partial charge in [0.15, 0.2) is 0 Å². The van der Waals surface area contributed by atoms with Crippen molar-refractivity contribution in [2.45, 2.75) is 18.9 Å². The van der Waals surface area contributed by atoms with E-state index in [9.17, 15) is 0 Å². The Labute approximate surface area is 96.4 Å². The van der Waals surface area contributed by atoms with E-state index in [0.717, 1.165) is 44.9 Å². The quantitative estimate of drug-likeness (QED) is 0.735. The molecule has 2 rings (SSSR count). The normalized spacial score (nSPS) is 17.2. The third-order valence-electron chi connectivity index (χ3n) is 2.71. The van der Waals surface area contributed by atoms with Gasteiger partial charge >= 0.3 is 0 Å². The minimum atomic E-state index is 0.437. The maximum absolute atomic E-state index is 5.77. The fourth-order valence-corrected chi connectivity index (χ4v) is 1.83. The highest BCUT2D eigenvalue weighted by molar-refractivity contribution is 5.32. The van der Waals surface area contributed by atoms with Crippen LogP contribution in [0.25, 0.3) is 0 Å². The molecule has 0 aromatic carbocycles. The predicted octanol–water partition coefficient (Wildman–Crippen LogP) is 1.26. The van der Waals surface area contributed by atoms with Crippen LogP contribution in [0, 0.1) is 0 Å². The number of piperidine rings is 1. The number of hydrogen-bond acceptors (Lipinski definition) is 4.